The molecule has 1 fully saturated rings. The molecule has 5 heteroatoms. The van der Waals surface area contributed by atoms with E-state index < -0.39 is 0 Å². The molecule has 1 saturated heterocycles. The third-order valence-corrected chi connectivity index (χ3v) is 4.63. The lowest BCUT2D eigenvalue weighted by Gasteiger charge is -2.39. The zero-order valence-electron chi connectivity index (χ0n) is 12.5. The zero-order chi connectivity index (χ0) is 14.8. The fourth-order valence-corrected chi connectivity index (χ4v) is 2.82. The van der Waals surface area contributed by atoms with E-state index in [1.54, 1.807) is 13.1 Å². The van der Waals surface area contributed by atoms with Crippen LogP contribution in [0.4, 0.5) is 17.1 Å². The Morgan fingerprint density at radius 2 is 2.05 bits per heavy atom. The van der Waals surface area contributed by atoms with Gasteiger partial charge in [-0.05, 0) is 30.4 Å². The first-order valence-corrected chi connectivity index (χ1v) is 7.21. The Morgan fingerprint density at radius 1 is 1.40 bits per heavy atom. The molecular weight excluding hydrogens is 254 g/mol. The highest BCUT2D eigenvalue weighted by Crippen LogP contribution is 2.40. The average molecular weight is 277 g/mol. The van der Waals surface area contributed by atoms with Crippen LogP contribution < -0.4 is 10.2 Å². The van der Waals surface area contributed by atoms with E-state index in [0.29, 0.717) is 11.1 Å². The molecule has 5 nitrogen and oxygen atoms in total. The molecule has 1 aromatic carbocycles. The van der Waals surface area contributed by atoms with Gasteiger partial charge in [0.1, 0.15) is 11.4 Å². The fourth-order valence-electron chi connectivity index (χ4n) is 2.82. The Bertz CT molecular complexity index is 494. The summed E-state index contributed by atoms with van der Waals surface area (Å²) in [5.41, 5.74) is 1.89. The molecular formula is C15H23N3O2. The van der Waals surface area contributed by atoms with E-state index in [-0.39, 0.29) is 10.6 Å². The maximum absolute atomic E-state index is 11.4. The van der Waals surface area contributed by atoms with Gasteiger partial charge in [0.25, 0.3) is 0 Å². The summed E-state index contributed by atoms with van der Waals surface area (Å²) in [5.74, 6) is 0. The number of hydrogen-bond donors (Lipinski definition) is 1. The van der Waals surface area contributed by atoms with Crippen LogP contribution in [0.1, 0.15) is 33.1 Å². The molecule has 0 unspecified atom stereocenters. The molecule has 0 aliphatic carbocycles. The monoisotopic (exact) mass is 277 g/mol. The summed E-state index contributed by atoms with van der Waals surface area (Å²) in [7, 11) is 1.72. The number of para-hydroxylation sites is 1. The normalized spacial score (nSPS) is 17.9. The quantitative estimate of drug-likeness (QED) is 0.674. The van der Waals surface area contributed by atoms with Crippen molar-refractivity contribution < 1.29 is 4.92 Å². The summed E-state index contributed by atoms with van der Waals surface area (Å²) >= 11 is 0. The number of nitrogens with one attached hydrogen (secondary N) is 1. The van der Waals surface area contributed by atoms with Crippen LogP contribution in [0.3, 0.4) is 0 Å². The van der Waals surface area contributed by atoms with Crippen molar-refractivity contribution in [2.75, 3.05) is 30.4 Å². The van der Waals surface area contributed by atoms with E-state index in [2.05, 4.69) is 24.1 Å². The number of nitrogens with zero attached hydrogens (tertiary/aromatic N) is 2. The van der Waals surface area contributed by atoms with Crippen molar-refractivity contribution in [2.24, 2.45) is 5.41 Å². The number of benzene rings is 1. The fraction of sp³-hybridized carbons (Fsp3) is 0.600. The molecule has 1 N–H and O–H groups in total. The van der Waals surface area contributed by atoms with Crippen LogP contribution in [-0.2, 0) is 0 Å². The molecule has 0 spiro atoms. The van der Waals surface area contributed by atoms with Crippen molar-refractivity contribution in [1.82, 2.24) is 0 Å². The molecule has 1 aromatic rings. The maximum Gasteiger partial charge on any atom is 0.315 e. The molecule has 20 heavy (non-hydrogen) atoms. The molecule has 1 aliphatic rings. The number of hydrogen-bond acceptors (Lipinski definition) is 4. The summed E-state index contributed by atoms with van der Waals surface area (Å²) in [5, 5.41) is 14.3. The third kappa shape index (κ3) is 2.71. The molecule has 0 saturated carbocycles. The molecule has 0 aromatic heterocycles. The van der Waals surface area contributed by atoms with E-state index >= 15 is 0 Å². The minimum absolute atomic E-state index is 0.190. The number of rotatable bonds is 4. The Balaban J connectivity index is 2.28. The molecule has 110 valence electrons. The molecule has 0 radical (unpaired) electrons. The predicted octanol–water partition coefficient (Wildman–Crippen LogP) is 3.65. The highest BCUT2D eigenvalue weighted by molar-refractivity contribution is 5.77. The first-order valence-electron chi connectivity index (χ1n) is 7.21. The van der Waals surface area contributed by atoms with E-state index in [9.17, 15) is 10.1 Å². The van der Waals surface area contributed by atoms with Crippen molar-refractivity contribution in [3.63, 3.8) is 0 Å². The second-order valence-corrected chi connectivity index (χ2v) is 5.83. The van der Waals surface area contributed by atoms with Gasteiger partial charge in [0.05, 0.1) is 4.92 Å². The third-order valence-electron chi connectivity index (χ3n) is 4.63. The minimum Gasteiger partial charge on any atom is -0.382 e. The van der Waals surface area contributed by atoms with E-state index in [1.807, 2.05) is 12.1 Å². The molecule has 2 rings (SSSR count). The second-order valence-electron chi connectivity index (χ2n) is 5.83. The standard InChI is InChI=1S/C15H23N3O2/c1-4-15(2)8-10-17(11-9-15)13-7-5-6-12(16-3)14(13)18(19)20/h5-7,16H,4,8-11H2,1-3H3. The van der Waals surface area contributed by atoms with Gasteiger partial charge < -0.3 is 10.2 Å². The number of anilines is 2. The Morgan fingerprint density at radius 3 is 2.55 bits per heavy atom. The largest absolute Gasteiger partial charge is 0.382 e. The number of nitro benzene ring substituents is 1. The van der Waals surface area contributed by atoms with Gasteiger partial charge in [0.2, 0.25) is 0 Å². The molecule has 0 bridgehead atoms. The van der Waals surface area contributed by atoms with Crippen molar-refractivity contribution in [1.29, 1.82) is 0 Å². The van der Waals surface area contributed by atoms with Gasteiger partial charge >= 0.3 is 5.69 Å². The van der Waals surface area contributed by atoms with Gasteiger partial charge in [-0.2, -0.15) is 0 Å². The Hall–Kier alpha value is -1.78. The van der Waals surface area contributed by atoms with Crippen molar-refractivity contribution in [3.8, 4) is 0 Å². The summed E-state index contributed by atoms with van der Waals surface area (Å²) in [6.45, 7) is 6.30. The van der Waals surface area contributed by atoms with E-state index in [1.165, 1.54) is 6.42 Å². The average Bonchev–Trinajstić information content (AvgIpc) is 2.47. The van der Waals surface area contributed by atoms with Crippen LogP contribution in [0.2, 0.25) is 0 Å². The Kier molecular flexibility index (Phi) is 4.16. The van der Waals surface area contributed by atoms with Crippen LogP contribution in [0.5, 0.6) is 0 Å². The Labute approximate surface area is 120 Å². The van der Waals surface area contributed by atoms with Crippen LogP contribution in [-0.4, -0.2) is 25.1 Å². The summed E-state index contributed by atoms with van der Waals surface area (Å²) in [4.78, 5) is 13.2. The molecule has 0 amide bonds. The smallest absolute Gasteiger partial charge is 0.315 e. The van der Waals surface area contributed by atoms with Gasteiger partial charge in [0.15, 0.2) is 0 Å². The van der Waals surface area contributed by atoms with Gasteiger partial charge in [0, 0.05) is 20.1 Å². The van der Waals surface area contributed by atoms with Gasteiger partial charge in [-0.1, -0.05) is 26.3 Å². The maximum atomic E-state index is 11.4. The van der Waals surface area contributed by atoms with Crippen LogP contribution >= 0.6 is 0 Å². The van der Waals surface area contributed by atoms with Gasteiger partial charge in [-0.15, -0.1) is 0 Å². The van der Waals surface area contributed by atoms with Crippen LogP contribution in [0, 0.1) is 15.5 Å². The lowest BCUT2D eigenvalue weighted by Crippen LogP contribution is -2.38. The lowest BCUT2D eigenvalue weighted by molar-refractivity contribution is -0.383. The van der Waals surface area contributed by atoms with Gasteiger partial charge in [-0.3, -0.25) is 10.1 Å². The SMILES string of the molecule is CCC1(C)CCN(c2cccc(NC)c2[N+](=O)[O-])CC1. The van der Waals surface area contributed by atoms with E-state index in [0.717, 1.165) is 31.6 Å². The number of piperidine rings is 1. The first-order chi connectivity index (χ1) is 9.50. The number of nitro groups is 1. The predicted molar refractivity (Wildman–Crippen MR) is 82.5 cm³/mol. The summed E-state index contributed by atoms with van der Waals surface area (Å²) in [6.07, 6.45) is 3.34. The molecule has 1 heterocycles. The lowest BCUT2D eigenvalue weighted by atomic mass is 9.78. The zero-order valence-corrected chi connectivity index (χ0v) is 12.5. The van der Waals surface area contributed by atoms with Crippen molar-refractivity contribution in [2.45, 2.75) is 33.1 Å². The minimum atomic E-state index is -0.283. The molecule has 1 aliphatic heterocycles. The van der Waals surface area contributed by atoms with Crippen LogP contribution in [0.15, 0.2) is 18.2 Å². The highest BCUT2D eigenvalue weighted by atomic mass is 16.6. The van der Waals surface area contributed by atoms with E-state index in [4.69, 9.17) is 0 Å². The topological polar surface area (TPSA) is 58.4 Å². The van der Waals surface area contributed by atoms with Gasteiger partial charge in [-0.25, -0.2) is 0 Å². The van der Waals surface area contributed by atoms with Crippen molar-refractivity contribution in [3.05, 3.63) is 28.3 Å². The second kappa shape index (κ2) is 5.69. The summed E-state index contributed by atoms with van der Waals surface area (Å²) in [6, 6.07) is 5.48. The molecule has 0 atom stereocenters. The highest BCUT2D eigenvalue weighted by Gasteiger charge is 2.31. The summed E-state index contributed by atoms with van der Waals surface area (Å²) < 4.78 is 0. The van der Waals surface area contributed by atoms with Crippen LogP contribution in [0.25, 0.3) is 0 Å². The van der Waals surface area contributed by atoms with Crippen molar-refractivity contribution >= 4 is 17.1 Å². The first kappa shape index (κ1) is 14.6.